The van der Waals surface area contributed by atoms with Crippen LogP contribution in [0.1, 0.15) is 50.5 Å². The van der Waals surface area contributed by atoms with Crippen molar-refractivity contribution >= 4 is 29.1 Å². The molecule has 0 radical (unpaired) electrons. The van der Waals surface area contributed by atoms with Gasteiger partial charge in [0.05, 0.1) is 24.9 Å². The van der Waals surface area contributed by atoms with Gasteiger partial charge in [0.15, 0.2) is 5.78 Å². The molecule has 1 atom stereocenters. The van der Waals surface area contributed by atoms with Gasteiger partial charge >= 0.3 is 0 Å². The third-order valence-electron chi connectivity index (χ3n) is 3.54. The molecule has 0 unspecified atom stereocenters. The van der Waals surface area contributed by atoms with E-state index in [1.54, 1.807) is 0 Å². The van der Waals surface area contributed by atoms with Gasteiger partial charge in [0.25, 0.3) is 11.8 Å². The molecular weight excluding hydrogens is 272 g/mol. The van der Waals surface area contributed by atoms with Crippen molar-refractivity contribution < 1.29 is 23.3 Å². The number of amides is 2. The first-order chi connectivity index (χ1) is 11.1. The Morgan fingerprint density at radius 3 is 2.71 bits per heavy atom. The van der Waals surface area contributed by atoms with Gasteiger partial charge in [0.2, 0.25) is 0 Å². The first-order valence-electron chi connectivity index (χ1n) is 7.93. The summed E-state index contributed by atoms with van der Waals surface area (Å²) < 4.78 is 23.7. The van der Waals surface area contributed by atoms with Gasteiger partial charge in [0.1, 0.15) is 5.78 Å². The maximum Gasteiger partial charge on any atom is 0.264 e. The minimum Gasteiger partial charge on any atom is -0.398 e. The number of nitrogen functional groups attached to an aromatic ring is 1. The number of ketones is 2. The van der Waals surface area contributed by atoms with E-state index < -0.39 is 55.0 Å². The molecule has 6 nitrogen and oxygen atoms in total. The Balaban J connectivity index is 2.07. The van der Waals surface area contributed by atoms with Gasteiger partial charge in [0, 0.05) is 14.8 Å². The summed E-state index contributed by atoms with van der Waals surface area (Å²) in [7, 11) is 0. The van der Waals surface area contributed by atoms with Crippen LogP contribution in [-0.2, 0) is 9.59 Å². The number of nitrogens with zero attached hydrogens (tertiary/aromatic N) is 1. The lowest BCUT2D eigenvalue weighted by Gasteiger charge is -2.23. The van der Waals surface area contributed by atoms with Crippen molar-refractivity contribution in [1.29, 1.82) is 0 Å². The average Bonchev–Trinajstić information content (AvgIpc) is 2.73. The van der Waals surface area contributed by atoms with Crippen molar-refractivity contribution in [3.63, 3.8) is 0 Å². The number of carbonyl (C=O) groups is 4. The number of nitrogens with two attached hydrogens (primary N) is 1. The van der Waals surface area contributed by atoms with Gasteiger partial charge < -0.3 is 5.73 Å². The average molecular weight is 289 g/mol. The number of Topliss-reactive ketones (excluding diaryl/α,β-unsaturated/α-hetero) is 2. The van der Waals surface area contributed by atoms with Crippen molar-refractivity contribution in [3.05, 3.63) is 29.3 Å². The second-order valence-electron chi connectivity index (χ2n) is 4.86. The van der Waals surface area contributed by atoms with E-state index in [0.717, 1.165) is 0 Å². The lowest BCUT2D eigenvalue weighted by Crippen LogP contribution is -2.44. The Hall–Kier alpha value is -2.50. The largest absolute Gasteiger partial charge is 0.398 e. The number of carbonyl (C=O) groups excluding carboxylic acids is 4. The predicted molar refractivity (Wildman–Crippen MR) is 73.6 cm³/mol. The molecule has 6 heteroatoms. The van der Waals surface area contributed by atoms with Crippen LogP contribution in [0.4, 0.5) is 5.69 Å². The molecule has 21 heavy (non-hydrogen) atoms. The molecule has 1 saturated carbocycles. The van der Waals surface area contributed by atoms with E-state index in [2.05, 4.69) is 0 Å². The third kappa shape index (κ3) is 2.03. The standard InChI is InChI=1S/C15H14N2O4/c16-10-5-2-4-9-13(10)15(21)17(14(9)20)11-6-1-3-8(18)7-12(11)19/h2,4-5,11H,1,3,6-7,16H2/t11-/m0/s1/i3D2,11D. The fourth-order valence-corrected chi connectivity index (χ4v) is 2.56. The zero-order chi connectivity index (χ0) is 17.9. The Morgan fingerprint density at radius 1 is 1.24 bits per heavy atom. The molecular formula is C15H14N2O4. The SMILES string of the molecule is [2H]C1([2H])CC[C@]([2H])(N2C(=O)c3cccc(N)c3C2=O)C(=O)CC1=O. The summed E-state index contributed by atoms with van der Waals surface area (Å²) in [6.07, 6.45) is -3.98. The highest BCUT2D eigenvalue weighted by Crippen LogP contribution is 2.31. The summed E-state index contributed by atoms with van der Waals surface area (Å²) in [5.74, 6) is -3.62. The minimum atomic E-state index is -2.32. The molecule has 1 aromatic carbocycles. The lowest BCUT2D eigenvalue weighted by atomic mass is 10.1. The summed E-state index contributed by atoms with van der Waals surface area (Å²) in [5.41, 5.74) is 5.72. The van der Waals surface area contributed by atoms with Crippen molar-refractivity contribution in [3.8, 4) is 0 Å². The Labute approximate surface area is 125 Å². The summed E-state index contributed by atoms with van der Waals surface area (Å²) in [5, 5.41) is 0. The molecule has 1 fully saturated rings. The third-order valence-corrected chi connectivity index (χ3v) is 3.54. The molecule has 1 heterocycles. The van der Waals surface area contributed by atoms with Gasteiger partial charge in [-0.05, 0) is 25.0 Å². The molecule has 0 saturated heterocycles. The highest BCUT2D eigenvalue weighted by molar-refractivity contribution is 6.25. The summed E-state index contributed by atoms with van der Waals surface area (Å²) >= 11 is 0. The first kappa shape index (κ1) is 10.3. The fourth-order valence-electron chi connectivity index (χ4n) is 2.56. The summed E-state index contributed by atoms with van der Waals surface area (Å²) in [6.45, 7) is 0. The number of rotatable bonds is 1. The van der Waals surface area contributed by atoms with Crippen LogP contribution < -0.4 is 5.73 Å². The Bertz CT molecular complexity index is 808. The summed E-state index contributed by atoms with van der Waals surface area (Å²) in [4.78, 5) is 49.9. The van der Waals surface area contributed by atoms with E-state index in [-0.39, 0.29) is 16.8 Å². The molecule has 1 aromatic rings. The van der Waals surface area contributed by atoms with Crippen molar-refractivity contribution in [2.45, 2.75) is 31.7 Å². The number of imide groups is 1. The van der Waals surface area contributed by atoms with Crippen LogP contribution in [0.5, 0.6) is 0 Å². The molecule has 0 aromatic heterocycles. The molecule has 0 spiro atoms. The topological polar surface area (TPSA) is 97.5 Å². The van der Waals surface area contributed by atoms with E-state index in [9.17, 15) is 19.2 Å². The van der Waals surface area contributed by atoms with Crippen LogP contribution in [0, 0.1) is 0 Å². The van der Waals surface area contributed by atoms with Gasteiger partial charge in [-0.1, -0.05) is 6.07 Å². The van der Waals surface area contributed by atoms with Gasteiger partial charge in [-0.25, -0.2) is 0 Å². The van der Waals surface area contributed by atoms with Crippen LogP contribution in [0.25, 0.3) is 0 Å². The molecule has 3 rings (SSSR count). The number of anilines is 1. The number of benzene rings is 1. The van der Waals surface area contributed by atoms with Crippen LogP contribution in [0.2, 0.25) is 0 Å². The molecule has 2 aliphatic rings. The number of hydrogen-bond donors (Lipinski definition) is 1. The van der Waals surface area contributed by atoms with E-state index in [4.69, 9.17) is 9.85 Å². The van der Waals surface area contributed by atoms with Crippen LogP contribution in [0.3, 0.4) is 0 Å². The molecule has 1 aliphatic heterocycles. The van der Waals surface area contributed by atoms with Crippen molar-refractivity contribution in [2.24, 2.45) is 0 Å². The minimum absolute atomic E-state index is 0.00184. The van der Waals surface area contributed by atoms with Crippen LogP contribution >= 0.6 is 0 Å². The second-order valence-corrected chi connectivity index (χ2v) is 4.86. The van der Waals surface area contributed by atoms with Crippen LogP contribution in [-0.4, -0.2) is 34.3 Å². The molecule has 108 valence electrons. The van der Waals surface area contributed by atoms with Crippen LogP contribution in [0.15, 0.2) is 18.2 Å². The maximum absolute atomic E-state index is 12.6. The maximum atomic E-state index is 12.6. The molecule has 2 amide bonds. The Kier molecular flexibility index (Phi) is 2.35. The monoisotopic (exact) mass is 289 g/mol. The Morgan fingerprint density at radius 2 is 2.00 bits per heavy atom. The lowest BCUT2D eigenvalue weighted by molar-refractivity contribution is -0.128. The number of fused-ring (bicyclic) bond motifs is 1. The predicted octanol–water partition coefficient (Wildman–Crippen LogP) is 0.946. The molecule has 1 aliphatic carbocycles. The smallest absolute Gasteiger partial charge is 0.264 e. The zero-order valence-corrected chi connectivity index (χ0v) is 11.0. The van der Waals surface area contributed by atoms with E-state index >= 15 is 0 Å². The van der Waals surface area contributed by atoms with E-state index in [0.29, 0.717) is 4.90 Å². The van der Waals surface area contributed by atoms with Gasteiger partial charge in [-0.2, -0.15) is 0 Å². The van der Waals surface area contributed by atoms with E-state index in [1.807, 2.05) is 0 Å². The van der Waals surface area contributed by atoms with Crippen molar-refractivity contribution in [2.75, 3.05) is 5.73 Å². The highest BCUT2D eigenvalue weighted by atomic mass is 16.2. The number of hydrogen-bond acceptors (Lipinski definition) is 5. The molecule has 2 N–H and O–H groups in total. The van der Waals surface area contributed by atoms with Crippen molar-refractivity contribution in [1.82, 2.24) is 4.90 Å². The summed E-state index contributed by atoms with van der Waals surface area (Å²) in [6, 6.07) is 1.97. The van der Waals surface area contributed by atoms with E-state index in [1.165, 1.54) is 18.2 Å². The molecule has 0 bridgehead atoms. The quantitative estimate of drug-likeness (QED) is 0.359. The normalized spacial score (nSPS) is 30.5. The van der Waals surface area contributed by atoms with Gasteiger partial charge in [-0.15, -0.1) is 0 Å². The fraction of sp³-hybridized carbons (Fsp3) is 0.333. The first-order valence-corrected chi connectivity index (χ1v) is 6.43. The highest BCUT2D eigenvalue weighted by Gasteiger charge is 2.44. The van der Waals surface area contributed by atoms with Gasteiger partial charge in [-0.3, -0.25) is 24.1 Å². The zero-order valence-electron chi connectivity index (χ0n) is 14.0. The second kappa shape index (κ2) is 4.80.